The first kappa shape index (κ1) is 14.3. The average Bonchev–Trinajstić information content (AvgIpc) is 2.32. The van der Waals surface area contributed by atoms with Crippen LogP contribution in [0.5, 0.6) is 5.75 Å². The van der Waals surface area contributed by atoms with Crippen LogP contribution in [0.25, 0.3) is 0 Å². The van der Waals surface area contributed by atoms with Crippen molar-refractivity contribution in [2.24, 2.45) is 5.73 Å². The Hall–Kier alpha value is -0.730. The highest BCUT2D eigenvalue weighted by Gasteiger charge is 2.17. The maximum absolute atomic E-state index is 6.28. The molecule has 0 saturated heterocycles. The maximum atomic E-state index is 6.28. The molecule has 0 bridgehead atoms. The van der Waals surface area contributed by atoms with Crippen LogP contribution in [-0.4, -0.2) is 6.61 Å². The van der Waals surface area contributed by atoms with Crippen LogP contribution in [0.4, 0.5) is 0 Å². The summed E-state index contributed by atoms with van der Waals surface area (Å²) in [6.45, 7) is 8.88. The van der Waals surface area contributed by atoms with Crippen molar-refractivity contribution in [2.45, 2.75) is 46.6 Å². The molecule has 2 N–H and O–H groups in total. The SMILES string of the molecule is CCCOc1cc(C)c(Cl)c(C)c1C(N)CC. The minimum absolute atomic E-state index is 0.0139. The number of hydrogen-bond acceptors (Lipinski definition) is 2. The predicted molar refractivity (Wildman–Crippen MR) is 73.9 cm³/mol. The van der Waals surface area contributed by atoms with E-state index >= 15 is 0 Å². The molecule has 0 heterocycles. The van der Waals surface area contributed by atoms with Crippen LogP contribution in [0, 0.1) is 13.8 Å². The van der Waals surface area contributed by atoms with E-state index in [0.29, 0.717) is 6.61 Å². The molecule has 1 unspecified atom stereocenters. The van der Waals surface area contributed by atoms with Gasteiger partial charge in [0.25, 0.3) is 0 Å². The first-order valence-corrected chi connectivity index (χ1v) is 6.58. The van der Waals surface area contributed by atoms with E-state index in [1.165, 1.54) is 0 Å². The number of nitrogens with two attached hydrogens (primary N) is 1. The van der Waals surface area contributed by atoms with Gasteiger partial charge in [0.2, 0.25) is 0 Å². The summed E-state index contributed by atoms with van der Waals surface area (Å²) in [6, 6.07) is 1.98. The van der Waals surface area contributed by atoms with E-state index in [0.717, 1.165) is 40.3 Å². The molecule has 0 aliphatic carbocycles. The molecule has 0 spiro atoms. The summed E-state index contributed by atoms with van der Waals surface area (Å²) >= 11 is 6.28. The van der Waals surface area contributed by atoms with Crippen LogP contribution >= 0.6 is 11.6 Å². The van der Waals surface area contributed by atoms with Crippen LogP contribution in [0.1, 0.15) is 49.4 Å². The lowest BCUT2D eigenvalue weighted by Gasteiger charge is -2.20. The van der Waals surface area contributed by atoms with Gasteiger partial charge in [-0.25, -0.2) is 0 Å². The third-order valence-corrected chi connectivity index (χ3v) is 3.55. The first-order chi connectivity index (χ1) is 8.02. The molecule has 0 amide bonds. The van der Waals surface area contributed by atoms with Crippen LogP contribution in [0.3, 0.4) is 0 Å². The molecule has 96 valence electrons. The number of rotatable bonds is 5. The van der Waals surface area contributed by atoms with Gasteiger partial charge in [0.15, 0.2) is 0 Å². The predicted octanol–water partition coefficient (Wildman–Crippen LogP) is 4.16. The highest BCUT2D eigenvalue weighted by atomic mass is 35.5. The van der Waals surface area contributed by atoms with Gasteiger partial charge in [0.1, 0.15) is 5.75 Å². The summed E-state index contributed by atoms with van der Waals surface area (Å²) < 4.78 is 5.79. The molecule has 0 fully saturated rings. The van der Waals surface area contributed by atoms with Crippen molar-refractivity contribution in [1.82, 2.24) is 0 Å². The van der Waals surface area contributed by atoms with Gasteiger partial charge in [-0.1, -0.05) is 25.4 Å². The molecule has 1 atom stereocenters. The number of aryl methyl sites for hydroxylation is 1. The summed E-state index contributed by atoms with van der Waals surface area (Å²) in [4.78, 5) is 0. The Labute approximate surface area is 109 Å². The Balaban J connectivity index is 3.25. The van der Waals surface area contributed by atoms with Crippen molar-refractivity contribution in [2.75, 3.05) is 6.61 Å². The van der Waals surface area contributed by atoms with E-state index in [9.17, 15) is 0 Å². The van der Waals surface area contributed by atoms with Gasteiger partial charge in [0, 0.05) is 16.6 Å². The third-order valence-electron chi connectivity index (χ3n) is 2.96. The molecule has 0 saturated carbocycles. The van der Waals surface area contributed by atoms with Crippen molar-refractivity contribution in [3.8, 4) is 5.75 Å². The van der Waals surface area contributed by atoms with Gasteiger partial charge in [-0.05, 0) is 43.9 Å². The number of halogens is 1. The molecule has 0 aliphatic heterocycles. The lowest BCUT2D eigenvalue weighted by atomic mass is 9.96. The third kappa shape index (κ3) is 3.14. The monoisotopic (exact) mass is 255 g/mol. The molecular formula is C14H22ClNO. The maximum Gasteiger partial charge on any atom is 0.124 e. The Morgan fingerprint density at radius 3 is 2.53 bits per heavy atom. The molecule has 3 heteroatoms. The van der Waals surface area contributed by atoms with Crippen LogP contribution in [0.2, 0.25) is 5.02 Å². The Bertz CT molecular complexity index is 390. The molecule has 1 aromatic rings. The van der Waals surface area contributed by atoms with E-state index < -0.39 is 0 Å². The fourth-order valence-electron chi connectivity index (χ4n) is 1.93. The minimum Gasteiger partial charge on any atom is -0.493 e. The Morgan fingerprint density at radius 2 is 2.00 bits per heavy atom. The van der Waals surface area contributed by atoms with E-state index in [1.807, 2.05) is 19.9 Å². The van der Waals surface area contributed by atoms with Crippen LogP contribution < -0.4 is 10.5 Å². The number of hydrogen-bond donors (Lipinski definition) is 1. The summed E-state index contributed by atoms with van der Waals surface area (Å²) in [5.41, 5.74) is 9.29. The summed E-state index contributed by atoms with van der Waals surface area (Å²) in [7, 11) is 0. The van der Waals surface area contributed by atoms with E-state index in [2.05, 4.69) is 13.8 Å². The second-order valence-corrected chi connectivity index (χ2v) is 4.79. The van der Waals surface area contributed by atoms with Crippen molar-refractivity contribution in [3.63, 3.8) is 0 Å². The Kier molecular flexibility index (Phi) is 5.29. The normalized spacial score (nSPS) is 12.6. The van der Waals surface area contributed by atoms with E-state index in [1.54, 1.807) is 0 Å². The quantitative estimate of drug-likeness (QED) is 0.858. The van der Waals surface area contributed by atoms with Gasteiger partial charge >= 0.3 is 0 Å². The topological polar surface area (TPSA) is 35.2 Å². The highest BCUT2D eigenvalue weighted by Crippen LogP contribution is 2.35. The smallest absolute Gasteiger partial charge is 0.124 e. The summed E-state index contributed by atoms with van der Waals surface area (Å²) in [5, 5.41) is 0.799. The largest absolute Gasteiger partial charge is 0.493 e. The fraction of sp³-hybridized carbons (Fsp3) is 0.571. The highest BCUT2D eigenvalue weighted by molar-refractivity contribution is 6.32. The Morgan fingerprint density at radius 1 is 1.35 bits per heavy atom. The van der Waals surface area contributed by atoms with Gasteiger partial charge < -0.3 is 10.5 Å². The van der Waals surface area contributed by atoms with Gasteiger partial charge in [-0.15, -0.1) is 0 Å². The second-order valence-electron chi connectivity index (χ2n) is 4.41. The zero-order chi connectivity index (χ0) is 13.0. The number of benzene rings is 1. The molecule has 1 rings (SSSR count). The van der Waals surface area contributed by atoms with Crippen molar-refractivity contribution < 1.29 is 4.74 Å². The van der Waals surface area contributed by atoms with Gasteiger partial charge in [-0.2, -0.15) is 0 Å². The van der Waals surface area contributed by atoms with Gasteiger partial charge in [0.05, 0.1) is 6.61 Å². The lowest BCUT2D eigenvalue weighted by molar-refractivity contribution is 0.311. The van der Waals surface area contributed by atoms with Crippen molar-refractivity contribution in [3.05, 3.63) is 27.8 Å². The molecule has 17 heavy (non-hydrogen) atoms. The van der Waals surface area contributed by atoms with E-state index in [-0.39, 0.29) is 6.04 Å². The number of ether oxygens (including phenoxy) is 1. The zero-order valence-corrected chi connectivity index (χ0v) is 11.9. The van der Waals surface area contributed by atoms with Gasteiger partial charge in [-0.3, -0.25) is 0 Å². The van der Waals surface area contributed by atoms with Crippen molar-refractivity contribution >= 4 is 11.6 Å². The standard InChI is InChI=1S/C14H22ClNO/c1-5-7-17-12-8-9(3)14(15)10(4)13(12)11(16)6-2/h8,11H,5-7,16H2,1-4H3. The average molecular weight is 256 g/mol. The van der Waals surface area contributed by atoms with E-state index in [4.69, 9.17) is 22.1 Å². The molecule has 1 aromatic carbocycles. The summed E-state index contributed by atoms with van der Waals surface area (Å²) in [5.74, 6) is 0.889. The lowest BCUT2D eigenvalue weighted by Crippen LogP contribution is -2.13. The second kappa shape index (κ2) is 6.27. The zero-order valence-electron chi connectivity index (χ0n) is 11.1. The molecule has 0 aliphatic rings. The fourth-order valence-corrected chi connectivity index (χ4v) is 2.09. The summed E-state index contributed by atoms with van der Waals surface area (Å²) in [6.07, 6.45) is 1.87. The first-order valence-electron chi connectivity index (χ1n) is 6.20. The molecule has 0 aromatic heterocycles. The molecule has 2 nitrogen and oxygen atoms in total. The van der Waals surface area contributed by atoms with Crippen LogP contribution in [0.15, 0.2) is 6.07 Å². The molecular weight excluding hydrogens is 234 g/mol. The molecule has 0 radical (unpaired) electrons. The minimum atomic E-state index is -0.0139. The van der Waals surface area contributed by atoms with Crippen LogP contribution in [-0.2, 0) is 0 Å². The van der Waals surface area contributed by atoms with Crippen molar-refractivity contribution in [1.29, 1.82) is 0 Å².